The van der Waals surface area contributed by atoms with E-state index in [1.54, 1.807) is 0 Å². The lowest BCUT2D eigenvalue weighted by molar-refractivity contribution is 0.0938. The molecule has 0 saturated heterocycles. The third kappa shape index (κ3) is 3.37. The van der Waals surface area contributed by atoms with Gasteiger partial charge in [0.1, 0.15) is 0 Å². The number of aryl methyl sites for hydroxylation is 1. The van der Waals surface area contributed by atoms with Crippen molar-refractivity contribution < 1.29 is 4.79 Å². The number of benzene rings is 2. The number of rotatable bonds is 5. The number of nitrogens with one attached hydrogen (secondary N) is 2. The maximum absolute atomic E-state index is 12.3. The number of fused-ring (bicyclic) bond motifs is 1. The summed E-state index contributed by atoms with van der Waals surface area (Å²) in [4.78, 5) is 15.4. The summed E-state index contributed by atoms with van der Waals surface area (Å²) < 4.78 is 0. The Hall–Kier alpha value is -2.55. The fourth-order valence-electron chi connectivity index (χ4n) is 2.60. The first-order valence-corrected chi connectivity index (χ1v) is 7.64. The third-order valence-electron chi connectivity index (χ3n) is 3.90. The minimum Gasteiger partial charge on any atom is -0.361 e. The van der Waals surface area contributed by atoms with Gasteiger partial charge in [-0.05, 0) is 48.9 Å². The number of carbonyl (C=O) groups excluding carboxylic acids is 1. The van der Waals surface area contributed by atoms with E-state index in [9.17, 15) is 4.79 Å². The molecule has 112 valence electrons. The average molecular weight is 292 g/mol. The molecule has 0 aliphatic rings. The molecule has 0 fully saturated rings. The molecule has 22 heavy (non-hydrogen) atoms. The Bertz CT molecular complexity index is 761. The van der Waals surface area contributed by atoms with Crippen molar-refractivity contribution in [3.8, 4) is 0 Å². The first kappa shape index (κ1) is 14.4. The van der Waals surface area contributed by atoms with Crippen LogP contribution in [0.5, 0.6) is 0 Å². The van der Waals surface area contributed by atoms with Crippen LogP contribution in [0.3, 0.4) is 0 Å². The van der Waals surface area contributed by atoms with Crippen LogP contribution in [0.15, 0.2) is 60.8 Å². The summed E-state index contributed by atoms with van der Waals surface area (Å²) in [6.07, 6.45) is 3.79. The maximum atomic E-state index is 12.3. The molecule has 3 heteroatoms. The van der Waals surface area contributed by atoms with Gasteiger partial charge in [0.15, 0.2) is 0 Å². The average Bonchev–Trinajstić information content (AvgIpc) is 3.01. The maximum Gasteiger partial charge on any atom is 0.251 e. The molecule has 0 bridgehead atoms. The summed E-state index contributed by atoms with van der Waals surface area (Å²) in [6.45, 7) is 2.05. The van der Waals surface area contributed by atoms with E-state index >= 15 is 0 Å². The number of hydrogen-bond donors (Lipinski definition) is 2. The molecule has 2 aromatic carbocycles. The quantitative estimate of drug-likeness (QED) is 0.735. The van der Waals surface area contributed by atoms with Crippen LogP contribution < -0.4 is 5.32 Å². The summed E-state index contributed by atoms with van der Waals surface area (Å²) in [5, 5.41) is 4.19. The molecule has 0 aliphatic carbocycles. The second-order valence-electron chi connectivity index (χ2n) is 5.68. The summed E-state index contributed by atoms with van der Waals surface area (Å²) in [5.74, 6) is -0.0166. The van der Waals surface area contributed by atoms with E-state index < -0.39 is 0 Å². The topological polar surface area (TPSA) is 44.9 Å². The number of aromatic amines is 1. The Morgan fingerprint density at radius 2 is 1.95 bits per heavy atom. The van der Waals surface area contributed by atoms with Gasteiger partial charge in [-0.2, -0.15) is 0 Å². The fraction of sp³-hybridized carbons (Fsp3) is 0.211. The Labute approximate surface area is 130 Å². The van der Waals surface area contributed by atoms with Gasteiger partial charge < -0.3 is 10.3 Å². The lowest BCUT2D eigenvalue weighted by Crippen LogP contribution is -2.32. The molecular formula is C19H20N2O. The van der Waals surface area contributed by atoms with E-state index in [4.69, 9.17) is 0 Å². The standard InChI is InChI=1S/C19H20N2O/c1-14(7-8-15-5-3-2-4-6-15)21-19(22)17-10-9-16-11-12-20-18(16)13-17/h2-6,9-14,20H,7-8H2,1H3,(H,21,22)/t14-/m0/s1. The molecule has 1 heterocycles. The van der Waals surface area contributed by atoms with Crippen molar-refractivity contribution in [2.45, 2.75) is 25.8 Å². The predicted molar refractivity (Wildman–Crippen MR) is 90.0 cm³/mol. The Morgan fingerprint density at radius 3 is 2.77 bits per heavy atom. The molecule has 0 aliphatic heterocycles. The zero-order valence-corrected chi connectivity index (χ0v) is 12.7. The van der Waals surface area contributed by atoms with Crippen molar-refractivity contribution in [1.29, 1.82) is 0 Å². The van der Waals surface area contributed by atoms with Crippen molar-refractivity contribution in [3.63, 3.8) is 0 Å². The molecule has 0 radical (unpaired) electrons. The predicted octanol–water partition coefficient (Wildman–Crippen LogP) is 3.92. The van der Waals surface area contributed by atoms with Crippen molar-refractivity contribution in [2.24, 2.45) is 0 Å². The van der Waals surface area contributed by atoms with E-state index in [1.165, 1.54) is 5.56 Å². The van der Waals surface area contributed by atoms with Crippen LogP contribution in [0.25, 0.3) is 10.9 Å². The molecule has 0 saturated carbocycles. The van der Waals surface area contributed by atoms with E-state index in [2.05, 4.69) is 22.4 Å². The Kier molecular flexibility index (Phi) is 4.24. The van der Waals surface area contributed by atoms with E-state index in [0.717, 1.165) is 23.7 Å². The zero-order chi connectivity index (χ0) is 15.4. The van der Waals surface area contributed by atoms with Gasteiger partial charge in [-0.25, -0.2) is 0 Å². The van der Waals surface area contributed by atoms with E-state index in [0.29, 0.717) is 5.56 Å². The minimum absolute atomic E-state index is 0.0166. The Balaban J connectivity index is 1.58. The second kappa shape index (κ2) is 6.48. The van der Waals surface area contributed by atoms with E-state index in [-0.39, 0.29) is 11.9 Å². The lowest BCUT2D eigenvalue weighted by Gasteiger charge is -2.14. The molecule has 3 rings (SSSR count). The highest BCUT2D eigenvalue weighted by atomic mass is 16.1. The molecule has 0 unspecified atom stereocenters. The van der Waals surface area contributed by atoms with Gasteiger partial charge in [-0.15, -0.1) is 0 Å². The van der Waals surface area contributed by atoms with Gasteiger partial charge in [-0.1, -0.05) is 36.4 Å². The molecular weight excluding hydrogens is 272 g/mol. The van der Waals surface area contributed by atoms with Gasteiger partial charge in [0, 0.05) is 23.3 Å². The van der Waals surface area contributed by atoms with Gasteiger partial charge in [-0.3, -0.25) is 4.79 Å². The highest BCUT2D eigenvalue weighted by Crippen LogP contribution is 2.14. The van der Waals surface area contributed by atoms with Crippen LogP contribution in [0, 0.1) is 0 Å². The van der Waals surface area contributed by atoms with Crippen LogP contribution in [-0.2, 0) is 6.42 Å². The molecule has 1 atom stereocenters. The first-order valence-electron chi connectivity index (χ1n) is 7.64. The number of amides is 1. The van der Waals surface area contributed by atoms with Crippen molar-refractivity contribution in [3.05, 3.63) is 71.9 Å². The first-order chi connectivity index (χ1) is 10.7. The fourth-order valence-corrected chi connectivity index (χ4v) is 2.60. The number of hydrogen-bond acceptors (Lipinski definition) is 1. The number of H-pyrrole nitrogens is 1. The SMILES string of the molecule is C[C@@H](CCc1ccccc1)NC(=O)c1ccc2cc[nH]c2c1. The molecule has 3 nitrogen and oxygen atoms in total. The van der Waals surface area contributed by atoms with Gasteiger partial charge >= 0.3 is 0 Å². The smallest absolute Gasteiger partial charge is 0.251 e. The van der Waals surface area contributed by atoms with Crippen LogP contribution in [0.4, 0.5) is 0 Å². The minimum atomic E-state index is -0.0166. The van der Waals surface area contributed by atoms with Gasteiger partial charge in [0.05, 0.1) is 0 Å². The monoisotopic (exact) mass is 292 g/mol. The third-order valence-corrected chi connectivity index (χ3v) is 3.90. The van der Waals surface area contributed by atoms with Crippen molar-refractivity contribution >= 4 is 16.8 Å². The molecule has 0 spiro atoms. The van der Waals surface area contributed by atoms with Crippen molar-refractivity contribution in [1.82, 2.24) is 10.3 Å². The molecule has 2 N–H and O–H groups in total. The summed E-state index contributed by atoms with van der Waals surface area (Å²) in [7, 11) is 0. The normalized spacial score (nSPS) is 12.2. The second-order valence-corrected chi connectivity index (χ2v) is 5.68. The summed E-state index contributed by atoms with van der Waals surface area (Å²) in [5.41, 5.74) is 2.99. The largest absolute Gasteiger partial charge is 0.361 e. The molecule has 3 aromatic rings. The summed E-state index contributed by atoms with van der Waals surface area (Å²) in [6, 6.07) is 18.2. The summed E-state index contributed by atoms with van der Waals surface area (Å²) >= 11 is 0. The van der Waals surface area contributed by atoms with Gasteiger partial charge in [0.25, 0.3) is 5.91 Å². The van der Waals surface area contributed by atoms with Crippen LogP contribution in [0.2, 0.25) is 0 Å². The number of carbonyl (C=O) groups is 1. The zero-order valence-electron chi connectivity index (χ0n) is 12.7. The van der Waals surface area contributed by atoms with Gasteiger partial charge in [0.2, 0.25) is 0 Å². The van der Waals surface area contributed by atoms with Crippen LogP contribution in [-0.4, -0.2) is 16.9 Å². The van der Waals surface area contributed by atoms with E-state index in [1.807, 2.05) is 55.6 Å². The Morgan fingerprint density at radius 1 is 1.14 bits per heavy atom. The molecule has 1 amide bonds. The van der Waals surface area contributed by atoms with Crippen LogP contribution >= 0.6 is 0 Å². The lowest BCUT2D eigenvalue weighted by atomic mass is 10.1. The highest BCUT2D eigenvalue weighted by Gasteiger charge is 2.10. The molecule has 1 aromatic heterocycles. The number of aromatic nitrogens is 1. The highest BCUT2D eigenvalue weighted by molar-refractivity contribution is 5.98. The van der Waals surface area contributed by atoms with Crippen molar-refractivity contribution in [2.75, 3.05) is 0 Å². The van der Waals surface area contributed by atoms with Crippen LogP contribution in [0.1, 0.15) is 29.3 Å².